The molecule has 44 heavy (non-hydrogen) atoms. The number of anilines is 2. The topological polar surface area (TPSA) is 107 Å². The largest absolute Gasteiger partial charge is 0.485 e. The molecule has 2 N–H and O–H groups in total. The molecule has 1 saturated carbocycles. The maximum atomic E-state index is 13.4. The van der Waals surface area contributed by atoms with Crippen LogP contribution in [0.1, 0.15) is 70.6 Å². The van der Waals surface area contributed by atoms with E-state index >= 15 is 0 Å². The number of hydrogen-bond acceptors (Lipinski definition) is 10. The number of carbonyl (C=O) groups excluding carboxylic acids is 1. The van der Waals surface area contributed by atoms with Crippen LogP contribution in [-0.4, -0.2) is 89.1 Å². The van der Waals surface area contributed by atoms with Crippen LogP contribution in [-0.2, 0) is 19.6 Å². The van der Waals surface area contributed by atoms with Crippen molar-refractivity contribution in [2.75, 3.05) is 56.5 Å². The Hall–Kier alpha value is -3.47. The monoisotopic (exact) mass is 602 g/mol. The third-order valence-electron chi connectivity index (χ3n) is 9.51. The molecule has 10 heteroatoms. The summed E-state index contributed by atoms with van der Waals surface area (Å²) >= 11 is 0. The smallest absolute Gasteiger partial charge is 0.181 e. The average molecular weight is 603 g/mol. The molecule has 0 radical (unpaired) electrons. The van der Waals surface area contributed by atoms with E-state index in [-0.39, 0.29) is 5.78 Å². The number of β-amino-alcohol motifs (C(OH)–C–C–N with tert-alkyl or cyclic N) is 1. The number of benzene rings is 1. The minimum absolute atomic E-state index is 0.0613. The number of ether oxygens (including phenoxy) is 1. The van der Waals surface area contributed by atoms with Gasteiger partial charge in [-0.25, -0.2) is 9.97 Å². The van der Waals surface area contributed by atoms with Gasteiger partial charge in [0, 0.05) is 63.8 Å². The first-order valence-electron chi connectivity index (χ1n) is 16.1. The third-order valence-corrected chi connectivity index (χ3v) is 9.51. The van der Waals surface area contributed by atoms with Gasteiger partial charge in [0.2, 0.25) is 0 Å². The Labute approximate surface area is 260 Å². The predicted octanol–water partition coefficient (Wildman–Crippen LogP) is 4.36. The second kappa shape index (κ2) is 13.7. The van der Waals surface area contributed by atoms with Crippen molar-refractivity contribution >= 4 is 17.4 Å². The molecule has 0 spiro atoms. The number of Topliss-reactive ketones (excluding diaryl/α,β-unsaturated/α-hetero) is 1. The van der Waals surface area contributed by atoms with Crippen molar-refractivity contribution in [3.05, 3.63) is 64.4 Å². The first kappa shape index (κ1) is 30.6. The van der Waals surface area contributed by atoms with Crippen LogP contribution < -0.4 is 15.0 Å². The molecule has 1 atom stereocenters. The van der Waals surface area contributed by atoms with Crippen LogP contribution in [0.3, 0.4) is 0 Å². The second-order valence-electron chi connectivity index (χ2n) is 12.7. The molecular formula is C34H46N6O4. The molecule has 3 aromatic rings. The lowest BCUT2D eigenvalue weighted by molar-refractivity contribution is 0.0836. The highest BCUT2D eigenvalue weighted by Gasteiger charge is 2.24. The fourth-order valence-electron chi connectivity index (χ4n) is 6.34. The lowest BCUT2D eigenvalue weighted by Gasteiger charge is -2.34. The Morgan fingerprint density at radius 2 is 1.98 bits per heavy atom. The molecule has 1 aromatic carbocycles. The molecule has 1 aliphatic carbocycles. The van der Waals surface area contributed by atoms with Gasteiger partial charge in [-0.3, -0.25) is 9.69 Å². The van der Waals surface area contributed by atoms with Crippen LogP contribution >= 0.6 is 0 Å². The number of piperazine rings is 1. The van der Waals surface area contributed by atoms with E-state index in [1.165, 1.54) is 23.9 Å². The summed E-state index contributed by atoms with van der Waals surface area (Å²) < 4.78 is 11.5. The highest BCUT2D eigenvalue weighted by molar-refractivity contribution is 5.97. The minimum Gasteiger partial charge on any atom is -0.485 e. The van der Waals surface area contributed by atoms with Crippen molar-refractivity contribution in [1.82, 2.24) is 19.8 Å². The number of carbonyl (C=O) groups is 1. The van der Waals surface area contributed by atoms with E-state index in [4.69, 9.17) is 14.1 Å². The molecule has 0 bridgehead atoms. The Balaban J connectivity index is 1.03. The number of aryl methyl sites for hydroxylation is 1. The normalized spacial score (nSPS) is 18.5. The number of oxazole rings is 1. The van der Waals surface area contributed by atoms with Gasteiger partial charge in [-0.05, 0) is 87.9 Å². The standard InChI is InChI=1S/C34H46N6O4/c1-23-29-11-12-39(19-25(29)7-10-31(23)43-21-32-24(2)35-22-44-32)20-28(41)8-9-30(42)26-17-33(36-27-5-4-6-27)37-34(18-26)40-15-13-38(3)14-16-40/h7,10,17-18,22,27-28,41H,4-6,8-9,11-16,19-21H2,1-3H3,(H,36,37)/t28-/m0/s1. The molecule has 1 saturated heterocycles. The number of ketones is 1. The molecule has 2 aliphatic heterocycles. The van der Waals surface area contributed by atoms with E-state index in [2.05, 4.69) is 45.0 Å². The zero-order valence-corrected chi connectivity index (χ0v) is 26.3. The summed E-state index contributed by atoms with van der Waals surface area (Å²) in [7, 11) is 2.14. The first-order chi connectivity index (χ1) is 21.3. The number of nitrogens with one attached hydrogen (secondary N) is 1. The van der Waals surface area contributed by atoms with Crippen molar-refractivity contribution in [2.45, 2.75) is 77.7 Å². The molecule has 6 rings (SSSR count). The van der Waals surface area contributed by atoms with Crippen LogP contribution in [0.15, 0.2) is 35.1 Å². The van der Waals surface area contributed by atoms with Crippen molar-refractivity contribution < 1.29 is 19.1 Å². The lowest BCUT2D eigenvalue weighted by Crippen LogP contribution is -2.45. The second-order valence-corrected chi connectivity index (χ2v) is 12.7. The van der Waals surface area contributed by atoms with Crippen molar-refractivity contribution in [2.24, 2.45) is 0 Å². The molecule has 2 aromatic heterocycles. The number of likely N-dealkylation sites (N-methyl/N-ethyl adjacent to an activating group) is 1. The number of aliphatic hydroxyl groups is 1. The van der Waals surface area contributed by atoms with Crippen molar-refractivity contribution in [1.29, 1.82) is 0 Å². The predicted molar refractivity (Wildman–Crippen MR) is 171 cm³/mol. The van der Waals surface area contributed by atoms with E-state index in [0.717, 1.165) is 92.9 Å². The highest BCUT2D eigenvalue weighted by Crippen LogP contribution is 2.31. The Bertz CT molecular complexity index is 1450. The zero-order chi connectivity index (χ0) is 30.6. The molecule has 3 aliphatic rings. The van der Waals surface area contributed by atoms with Crippen LogP contribution in [0, 0.1) is 13.8 Å². The van der Waals surface area contributed by atoms with Crippen LogP contribution in [0.4, 0.5) is 11.6 Å². The molecule has 10 nitrogen and oxygen atoms in total. The summed E-state index contributed by atoms with van der Waals surface area (Å²) in [4.78, 5) is 29.3. The van der Waals surface area contributed by atoms with E-state index in [0.29, 0.717) is 37.6 Å². The zero-order valence-electron chi connectivity index (χ0n) is 26.3. The van der Waals surface area contributed by atoms with Crippen LogP contribution in [0.25, 0.3) is 0 Å². The lowest BCUT2D eigenvalue weighted by atomic mass is 9.93. The number of rotatable bonds is 12. The van der Waals surface area contributed by atoms with Crippen molar-refractivity contribution in [3.8, 4) is 5.75 Å². The highest BCUT2D eigenvalue weighted by atomic mass is 16.5. The number of nitrogens with zero attached hydrogens (tertiary/aromatic N) is 5. The number of pyridine rings is 1. The molecule has 0 amide bonds. The fourth-order valence-corrected chi connectivity index (χ4v) is 6.34. The quantitative estimate of drug-likeness (QED) is 0.290. The van der Waals surface area contributed by atoms with Crippen LogP contribution in [0.5, 0.6) is 5.75 Å². The van der Waals surface area contributed by atoms with Gasteiger partial charge in [-0.2, -0.15) is 0 Å². The van der Waals surface area contributed by atoms with E-state index in [9.17, 15) is 9.90 Å². The van der Waals surface area contributed by atoms with Crippen LogP contribution in [0.2, 0.25) is 0 Å². The van der Waals surface area contributed by atoms with Gasteiger partial charge in [0.15, 0.2) is 17.9 Å². The molecule has 4 heterocycles. The average Bonchev–Trinajstić information content (AvgIpc) is 3.42. The van der Waals surface area contributed by atoms with E-state index in [1.54, 1.807) is 0 Å². The van der Waals surface area contributed by atoms with Gasteiger partial charge in [0.25, 0.3) is 0 Å². The fraction of sp³-hybridized carbons (Fsp3) is 0.559. The molecule has 2 fully saturated rings. The first-order valence-corrected chi connectivity index (χ1v) is 16.1. The third kappa shape index (κ3) is 7.25. The van der Waals surface area contributed by atoms with Gasteiger partial charge in [-0.1, -0.05) is 6.07 Å². The van der Waals surface area contributed by atoms with Gasteiger partial charge >= 0.3 is 0 Å². The summed E-state index contributed by atoms with van der Waals surface area (Å²) in [6.45, 7) is 10.3. The van der Waals surface area contributed by atoms with Gasteiger partial charge in [0.1, 0.15) is 24.0 Å². The van der Waals surface area contributed by atoms with E-state index < -0.39 is 6.10 Å². The van der Waals surface area contributed by atoms with Crippen molar-refractivity contribution in [3.63, 3.8) is 0 Å². The number of hydrogen-bond donors (Lipinski definition) is 2. The minimum atomic E-state index is -0.569. The van der Waals surface area contributed by atoms with Gasteiger partial charge in [0.05, 0.1) is 11.8 Å². The summed E-state index contributed by atoms with van der Waals surface area (Å²) in [6, 6.07) is 8.44. The van der Waals surface area contributed by atoms with E-state index in [1.807, 2.05) is 25.1 Å². The molecule has 0 unspecified atom stereocenters. The summed E-state index contributed by atoms with van der Waals surface area (Å²) in [5, 5.41) is 14.5. The Kier molecular flexibility index (Phi) is 9.49. The maximum Gasteiger partial charge on any atom is 0.181 e. The number of fused-ring (bicyclic) bond motifs is 1. The Morgan fingerprint density at radius 1 is 1.16 bits per heavy atom. The number of aromatic nitrogens is 2. The molecular weight excluding hydrogens is 556 g/mol. The molecule has 236 valence electrons. The summed E-state index contributed by atoms with van der Waals surface area (Å²) in [5.74, 6) is 3.33. The SMILES string of the molecule is Cc1ncoc1COc1ccc2c(c1C)CCN(C[C@@H](O)CCC(=O)c1cc(NC3CCC3)nc(N3CCN(C)CC3)c1)C2. The van der Waals surface area contributed by atoms with Gasteiger partial charge < -0.3 is 29.4 Å². The summed E-state index contributed by atoms with van der Waals surface area (Å²) in [6.07, 6.45) is 6.05. The Morgan fingerprint density at radius 3 is 2.70 bits per heavy atom. The van der Waals surface area contributed by atoms with Gasteiger partial charge in [-0.15, -0.1) is 0 Å². The number of aliphatic hydroxyl groups excluding tert-OH is 1. The summed E-state index contributed by atoms with van der Waals surface area (Å²) in [5.41, 5.74) is 5.27. The maximum absolute atomic E-state index is 13.4.